The lowest BCUT2D eigenvalue weighted by atomic mass is 10.0. The van der Waals surface area contributed by atoms with Crippen molar-refractivity contribution in [2.75, 3.05) is 19.6 Å². The Hall–Kier alpha value is -0.780. The molecule has 0 bridgehead atoms. The van der Waals surface area contributed by atoms with Crippen molar-refractivity contribution in [2.45, 2.75) is 6.04 Å². The summed E-state index contributed by atoms with van der Waals surface area (Å²) in [4.78, 5) is 0. The average molecular weight is 253 g/mol. The van der Waals surface area contributed by atoms with Gasteiger partial charge in [-0.05, 0) is 12.1 Å². The molecule has 16 heavy (non-hydrogen) atoms. The lowest BCUT2D eigenvalue weighted by molar-refractivity contribution is 0.389. The summed E-state index contributed by atoms with van der Waals surface area (Å²) >= 11 is 0. The van der Waals surface area contributed by atoms with E-state index in [9.17, 15) is 13.2 Å². The number of rotatable bonds is 1. The smallest absolute Gasteiger partial charge is 0.166 e. The Bertz CT molecular complexity index is 367. The van der Waals surface area contributed by atoms with E-state index in [0.717, 1.165) is 18.7 Å². The topological polar surface area (TPSA) is 24.1 Å². The summed E-state index contributed by atoms with van der Waals surface area (Å²) in [5.74, 6) is -2.83. The van der Waals surface area contributed by atoms with Crippen LogP contribution in [0.5, 0.6) is 0 Å². The van der Waals surface area contributed by atoms with E-state index in [-0.39, 0.29) is 18.0 Å². The van der Waals surface area contributed by atoms with E-state index in [2.05, 4.69) is 10.6 Å². The molecule has 0 radical (unpaired) electrons. The monoisotopic (exact) mass is 252 g/mol. The van der Waals surface area contributed by atoms with E-state index in [0.29, 0.717) is 13.1 Å². The molecular formula is C10H12ClF3N2. The van der Waals surface area contributed by atoms with Crippen molar-refractivity contribution in [3.05, 3.63) is 35.1 Å². The molecule has 1 saturated heterocycles. The molecule has 0 amide bonds. The molecule has 1 aromatic rings. The second-order valence-electron chi connectivity index (χ2n) is 3.47. The van der Waals surface area contributed by atoms with Gasteiger partial charge in [-0.15, -0.1) is 12.4 Å². The van der Waals surface area contributed by atoms with Crippen LogP contribution >= 0.6 is 12.4 Å². The van der Waals surface area contributed by atoms with Gasteiger partial charge in [0.2, 0.25) is 0 Å². The van der Waals surface area contributed by atoms with Gasteiger partial charge < -0.3 is 10.6 Å². The maximum Gasteiger partial charge on any atom is 0.166 e. The molecule has 2 nitrogen and oxygen atoms in total. The summed E-state index contributed by atoms with van der Waals surface area (Å²) in [7, 11) is 0. The van der Waals surface area contributed by atoms with Gasteiger partial charge in [0.15, 0.2) is 11.6 Å². The third-order valence-electron chi connectivity index (χ3n) is 2.47. The van der Waals surface area contributed by atoms with Crippen LogP contribution in [0.2, 0.25) is 0 Å². The zero-order valence-electron chi connectivity index (χ0n) is 8.40. The minimum atomic E-state index is -1.10. The highest BCUT2D eigenvalue weighted by Gasteiger charge is 2.23. The van der Waals surface area contributed by atoms with Crippen LogP contribution in [-0.2, 0) is 0 Å². The Labute approximate surface area is 97.6 Å². The first-order valence-corrected chi connectivity index (χ1v) is 4.77. The Morgan fingerprint density at radius 2 is 1.75 bits per heavy atom. The lowest BCUT2D eigenvalue weighted by Crippen LogP contribution is -2.43. The molecule has 2 rings (SSSR count). The predicted octanol–water partition coefficient (Wildman–Crippen LogP) is 1.76. The maximum absolute atomic E-state index is 13.4. The summed E-state index contributed by atoms with van der Waals surface area (Å²) in [5.41, 5.74) is -0.220. The third kappa shape index (κ3) is 2.48. The number of benzene rings is 1. The number of hydrogen-bond donors (Lipinski definition) is 2. The summed E-state index contributed by atoms with van der Waals surface area (Å²) in [6.45, 7) is 1.76. The highest BCUT2D eigenvalue weighted by atomic mass is 35.5. The minimum Gasteiger partial charge on any atom is -0.314 e. The van der Waals surface area contributed by atoms with Crippen molar-refractivity contribution in [1.29, 1.82) is 0 Å². The van der Waals surface area contributed by atoms with Crippen molar-refractivity contribution in [3.63, 3.8) is 0 Å². The van der Waals surface area contributed by atoms with Gasteiger partial charge in [0.05, 0.1) is 6.04 Å². The van der Waals surface area contributed by atoms with Crippen LogP contribution in [0.4, 0.5) is 13.2 Å². The SMILES string of the molecule is Cl.Fc1ccc(F)c([C@@H]2CNCCN2)c1F. The molecular weight excluding hydrogens is 241 g/mol. The van der Waals surface area contributed by atoms with E-state index in [1.54, 1.807) is 0 Å². The van der Waals surface area contributed by atoms with Crippen molar-refractivity contribution in [1.82, 2.24) is 10.6 Å². The molecule has 1 aliphatic rings. The van der Waals surface area contributed by atoms with Crippen LogP contribution in [0.15, 0.2) is 12.1 Å². The first-order valence-electron chi connectivity index (χ1n) is 4.77. The number of hydrogen-bond acceptors (Lipinski definition) is 2. The van der Waals surface area contributed by atoms with Gasteiger partial charge in [-0.1, -0.05) is 0 Å². The molecule has 0 aromatic heterocycles. The van der Waals surface area contributed by atoms with Crippen LogP contribution < -0.4 is 10.6 Å². The maximum atomic E-state index is 13.4. The second-order valence-corrected chi connectivity index (χ2v) is 3.47. The first kappa shape index (κ1) is 13.3. The molecule has 0 aliphatic carbocycles. The normalized spacial score (nSPS) is 20.3. The number of halogens is 4. The van der Waals surface area contributed by atoms with Crippen molar-refractivity contribution >= 4 is 12.4 Å². The fourth-order valence-electron chi connectivity index (χ4n) is 1.72. The standard InChI is InChI=1S/C10H11F3N2.ClH/c11-6-1-2-7(12)10(13)9(6)8-5-14-3-4-15-8;/h1-2,8,14-15H,3-5H2;1H/t8-;/m0./s1. The molecule has 0 spiro atoms. The number of piperazine rings is 1. The highest BCUT2D eigenvalue weighted by molar-refractivity contribution is 5.85. The zero-order chi connectivity index (χ0) is 10.8. The summed E-state index contributed by atoms with van der Waals surface area (Å²) < 4.78 is 39.6. The highest BCUT2D eigenvalue weighted by Crippen LogP contribution is 2.23. The van der Waals surface area contributed by atoms with Gasteiger partial charge in [0, 0.05) is 25.2 Å². The van der Waals surface area contributed by atoms with Crippen molar-refractivity contribution < 1.29 is 13.2 Å². The fourth-order valence-corrected chi connectivity index (χ4v) is 1.72. The van der Waals surface area contributed by atoms with Crippen LogP contribution in [-0.4, -0.2) is 19.6 Å². The van der Waals surface area contributed by atoms with Crippen molar-refractivity contribution in [2.24, 2.45) is 0 Å². The Morgan fingerprint density at radius 3 is 2.38 bits per heavy atom. The summed E-state index contributed by atoms with van der Waals surface area (Å²) in [6, 6.07) is 1.24. The molecule has 1 heterocycles. The molecule has 1 fully saturated rings. The Morgan fingerprint density at radius 1 is 1.06 bits per heavy atom. The Kier molecular flexibility index (Phi) is 4.58. The van der Waals surface area contributed by atoms with Crippen LogP contribution in [0.3, 0.4) is 0 Å². The van der Waals surface area contributed by atoms with Crippen LogP contribution in [0.1, 0.15) is 11.6 Å². The van der Waals surface area contributed by atoms with Gasteiger partial charge in [-0.25, -0.2) is 13.2 Å². The molecule has 90 valence electrons. The fraction of sp³-hybridized carbons (Fsp3) is 0.400. The van der Waals surface area contributed by atoms with Gasteiger partial charge in [-0.3, -0.25) is 0 Å². The van der Waals surface area contributed by atoms with Crippen LogP contribution in [0, 0.1) is 17.5 Å². The molecule has 0 unspecified atom stereocenters. The van der Waals surface area contributed by atoms with E-state index >= 15 is 0 Å². The van der Waals surface area contributed by atoms with E-state index in [1.807, 2.05) is 0 Å². The minimum absolute atomic E-state index is 0. The molecule has 6 heteroatoms. The second kappa shape index (κ2) is 5.52. The summed E-state index contributed by atoms with van der Waals surface area (Å²) in [6.07, 6.45) is 0. The number of nitrogens with one attached hydrogen (secondary N) is 2. The van der Waals surface area contributed by atoms with Gasteiger partial charge in [-0.2, -0.15) is 0 Å². The molecule has 2 N–H and O–H groups in total. The molecule has 1 aromatic carbocycles. The van der Waals surface area contributed by atoms with Gasteiger partial charge in [0.25, 0.3) is 0 Å². The quantitative estimate of drug-likeness (QED) is 0.745. The van der Waals surface area contributed by atoms with Crippen LogP contribution in [0.25, 0.3) is 0 Å². The lowest BCUT2D eigenvalue weighted by Gasteiger charge is -2.25. The predicted molar refractivity (Wildman–Crippen MR) is 57.2 cm³/mol. The van der Waals surface area contributed by atoms with E-state index in [1.165, 1.54) is 0 Å². The zero-order valence-corrected chi connectivity index (χ0v) is 9.21. The largest absolute Gasteiger partial charge is 0.314 e. The van der Waals surface area contributed by atoms with Crippen molar-refractivity contribution in [3.8, 4) is 0 Å². The van der Waals surface area contributed by atoms with Gasteiger partial charge in [0.1, 0.15) is 5.82 Å². The summed E-state index contributed by atoms with van der Waals surface area (Å²) in [5, 5.41) is 5.92. The third-order valence-corrected chi connectivity index (χ3v) is 2.47. The molecule has 1 atom stereocenters. The Balaban J connectivity index is 0.00000128. The molecule has 1 aliphatic heterocycles. The van der Waals surface area contributed by atoms with E-state index < -0.39 is 23.5 Å². The van der Waals surface area contributed by atoms with Gasteiger partial charge >= 0.3 is 0 Å². The molecule has 0 saturated carbocycles. The first-order chi connectivity index (χ1) is 7.20. The van der Waals surface area contributed by atoms with E-state index in [4.69, 9.17) is 0 Å². The average Bonchev–Trinajstić information content (AvgIpc) is 2.26.